The molecule has 0 radical (unpaired) electrons. The van der Waals surface area contributed by atoms with Crippen molar-refractivity contribution in [2.45, 2.75) is 51.5 Å². The van der Waals surface area contributed by atoms with Crippen LogP contribution in [0.1, 0.15) is 55.3 Å². The molecule has 0 unspecified atom stereocenters. The van der Waals surface area contributed by atoms with Crippen LogP contribution in [-0.2, 0) is 21.8 Å². The predicted octanol–water partition coefficient (Wildman–Crippen LogP) is 3.49. The van der Waals surface area contributed by atoms with Crippen molar-refractivity contribution in [1.29, 1.82) is 0 Å². The summed E-state index contributed by atoms with van der Waals surface area (Å²) in [5, 5.41) is 8.85. The molecule has 1 aromatic carbocycles. The van der Waals surface area contributed by atoms with Gasteiger partial charge in [0, 0.05) is 11.9 Å². The van der Waals surface area contributed by atoms with Gasteiger partial charge in [0.25, 0.3) is 5.89 Å². The molecular weight excluding hydrogens is 388 g/mol. The molecule has 3 aromatic rings. The number of aryl methyl sites for hydroxylation is 2. The molecule has 0 amide bonds. The van der Waals surface area contributed by atoms with E-state index in [-0.39, 0.29) is 17.1 Å². The van der Waals surface area contributed by atoms with Crippen LogP contribution in [0, 0.1) is 6.92 Å². The average Bonchev–Trinajstić information content (AvgIpc) is 3.11. The highest BCUT2D eigenvalue weighted by Gasteiger charge is 2.50. The van der Waals surface area contributed by atoms with E-state index < -0.39 is 9.84 Å². The Balaban J connectivity index is 1.66. The Morgan fingerprint density at radius 3 is 2.59 bits per heavy atom. The smallest absolute Gasteiger partial charge is 0.278 e. The molecule has 1 saturated carbocycles. The normalized spacial score (nSPS) is 15.8. The molecule has 29 heavy (non-hydrogen) atoms. The van der Waals surface area contributed by atoms with Gasteiger partial charge in [-0.1, -0.05) is 43.3 Å². The Bertz CT molecular complexity index is 1140. The monoisotopic (exact) mass is 414 g/mol. The minimum Gasteiger partial charge on any atom is -0.332 e. The molecule has 0 spiro atoms. The third-order valence-electron chi connectivity index (χ3n) is 5.56. The van der Waals surface area contributed by atoms with Gasteiger partial charge in [-0.2, -0.15) is 10.1 Å². The summed E-state index contributed by atoms with van der Waals surface area (Å²) in [6.45, 7) is 6.51. The largest absolute Gasteiger partial charge is 0.332 e. The molecule has 7 nitrogen and oxygen atoms in total. The average molecular weight is 415 g/mol. The van der Waals surface area contributed by atoms with Crippen LogP contribution in [-0.4, -0.2) is 40.3 Å². The third-order valence-corrected chi connectivity index (χ3v) is 6.48. The SMILES string of the molecule is Cc1ccccc1C1(c2noc(-c3cc(C(C)C)n(CCS(C)(=O)=O)n3)n2)CC1. The molecule has 8 heteroatoms. The summed E-state index contributed by atoms with van der Waals surface area (Å²) >= 11 is 0. The zero-order valence-electron chi connectivity index (χ0n) is 17.2. The number of sulfone groups is 1. The van der Waals surface area contributed by atoms with E-state index in [0.29, 0.717) is 24.0 Å². The summed E-state index contributed by atoms with van der Waals surface area (Å²) < 4.78 is 30.4. The zero-order chi connectivity index (χ0) is 20.8. The van der Waals surface area contributed by atoms with Crippen LogP contribution in [0.25, 0.3) is 11.6 Å². The highest BCUT2D eigenvalue weighted by atomic mass is 32.2. The van der Waals surface area contributed by atoms with Gasteiger partial charge in [0.05, 0.1) is 17.7 Å². The maximum atomic E-state index is 11.6. The van der Waals surface area contributed by atoms with Crippen LogP contribution in [0.3, 0.4) is 0 Å². The van der Waals surface area contributed by atoms with Crippen LogP contribution in [0.15, 0.2) is 34.9 Å². The summed E-state index contributed by atoms with van der Waals surface area (Å²) in [4.78, 5) is 4.68. The van der Waals surface area contributed by atoms with E-state index in [2.05, 4.69) is 34.3 Å². The lowest BCUT2D eigenvalue weighted by molar-refractivity contribution is 0.416. The van der Waals surface area contributed by atoms with Crippen molar-refractivity contribution < 1.29 is 12.9 Å². The molecular formula is C21H26N4O3S. The lowest BCUT2D eigenvalue weighted by atomic mass is 9.91. The Kier molecular flexibility index (Phi) is 4.85. The van der Waals surface area contributed by atoms with E-state index in [1.54, 1.807) is 4.68 Å². The fraction of sp³-hybridized carbons (Fsp3) is 0.476. The second-order valence-electron chi connectivity index (χ2n) is 8.28. The summed E-state index contributed by atoms with van der Waals surface area (Å²) in [6.07, 6.45) is 3.23. The van der Waals surface area contributed by atoms with Crippen molar-refractivity contribution in [3.05, 3.63) is 53.0 Å². The number of rotatable bonds is 7. The molecule has 154 valence electrons. The van der Waals surface area contributed by atoms with Gasteiger partial charge in [-0.05, 0) is 42.9 Å². The number of benzene rings is 1. The molecule has 1 aliphatic carbocycles. The first kappa shape index (κ1) is 19.8. The topological polar surface area (TPSA) is 90.9 Å². The summed E-state index contributed by atoms with van der Waals surface area (Å²) in [5.74, 6) is 1.30. The van der Waals surface area contributed by atoms with Gasteiger partial charge in [-0.25, -0.2) is 8.42 Å². The van der Waals surface area contributed by atoms with Crippen LogP contribution in [0.4, 0.5) is 0 Å². The quantitative estimate of drug-likeness (QED) is 0.588. The van der Waals surface area contributed by atoms with E-state index in [0.717, 1.165) is 18.5 Å². The lowest BCUT2D eigenvalue weighted by Gasteiger charge is -2.13. The molecule has 1 aliphatic rings. The Morgan fingerprint density at radius 1 is 1.24 bits per heavy atom. The Morgan fingerprint density at radius 2 is 1.97 bits per heavy atom. The van der Waals surface area contributed by atoms with E-state index in [9.17, 15) is 8.42 Å². The number of aromatic nitrogens is 4. The summed E-state index contributed by atoms with van der Waals surface area (Å²) in [5.41, 5.74) is 3.83. The zero-order valence-corrected chi connectivity index (χ0v) is 18.0. The van der Waals surface area contributed by atoms with Crippen molar-refractivity contribution in [2.24, 2.45) is 0 Å². The molecule has 0 atom stereocenters. The first-order valence-electron chi connectivity index (χ1n) is 9.86. The van der Waals surface area contributed by atoms with E-state index in [1.165, 1.54) is 17.4 Å². The first-order valence-corrected chi connectivity index (χ1v) is 11.9. The maximum absolute atomic E-state index is 11.6. The molecule has 0 bridgehead atoms. The van der Waals surface area contributed by atoms with Gasteiger partial charge >= 0.3 is 0 Å². The van der Waals surface area contributed by atoms with Gasteiger partial charge < -0.3 is 4.52 Å². The number of nitrogens with zero attached hydrogens (tertiary/aromatic N) is 4. The van der Waals surface area contributed by atoms with E-state index >= 15 is 0 Å². The molecule has 0 aliphatic heterocycles. The number of hydrogen-bond donors (Lipinski definition) is 0. The summed E-state index contributed by atoms with van der Waals surface area (Å²) in [6, 6.07) is 10.2. The molecule has 1 fully saturated rings. The van der Waals surface area contributed by atoms with Crippen LogP contribution >= 0.6 is 0 Å². The van der Waals surface area contributed by atoms with Crippen molar-refractivity contribution in [2.75, 3.05) is 12.0 Å². The van der Waals surface area contributed by atoms with Crippen molar-refractivity contribution in [1.82, 2.24) is 19.9 Å². The molecule has 4 rings (SSSR count). The molecule has 2 aromatic heterocycles. The Labute approximate surface area is 171 Å². The second-order valence-corrected chi connectivity index (χ2v) is 10.5. The van der Waals surface area contributed by atoms with Crippen LogP contribution in [0.5, 0.6) is 0 Å². The van der Waals surface area contributed by atoms with Crippen molar-refractivity contribution in [3.8, 4) is 11.6 Å². The lowest BCUT2D eigenvalue weighted by Crippen LogP contribution is -2.15. The van der Waals surface area contributed by atoms with Crippen LogP contribution < -0.4 is 0 Å². The number of hydrogen-bond acceptors (Lipinski definition) is 6. The minimum atomic E-state index is -3.07. The highest BCUT2D eigenvalue weighted by molar-refractivity contribution is 7.90. The Hall–Kier alpha value is -2.48. The maximum Gasteiger partial charge on any atom is 0.278 e. The fourth-order valence-electron chi connectivity index (χ4n) is 3.80. The van der Waals surface area contributed by atoms with E-state index in [4.69, 9.17) is 4.52 Å². The second kappa shape index (κ2) is 7.09. The van der Waals surface area contributed by atoms with Crippen molar-refractivity contribution >= 4 is 9.84 Å². The summed E-state index contributed by atoms with van der Waals surface area (Å²) in [7, 11) is -3.07. The van der Waals surface area contributed by atoms with E-state index in [1.807, 2.05) is 32.0 Å². The highest BCUT2D eigenvalue weighted by Crippen LogP contribution is 2.53. The molecule has 2 heterocycles. The van der Waals surface area contributed by atoms with Gasteiger partial charge in [0.15, 0.2) is 11.5 Å². The molecule has 0 N–H and O–H groups in total. The van der Waals surface area contributed by atoms with Crippen molar-refractivity contribution in [3.63, 3.8) is 0 Å². The van der Waals surface area contributed by atoms with Gasteiger partial charge in [-0.3, -0.25) is 4.68 Å². The minimum absolute atomic E-state index is 0.0410. The predicted molar refractivity (Wildman–Crippen MR) is 111 cm³/mol. The van der Waals surface area contributed by atoms with Gasteiger partial charge in [0.1, 0.15) is 9.84 Å². The van der Waals surface area contributed by atoms with Gasteiger partial charge in [0.2, 0.25) is 0 Å². The van der Waals surface area contributed by atoms with Crippen LogP contribution in [0.2, 0.25) is 0 Å². The third kappa shape index (κ3) is 3.85. The fourth-order valence-corrected chi connectivity index (χ4v) is 4.31. The van der Waals surface area contributed by atoms with Gasteiger partial charge in [-0.15, -0.1) is 0 Å². The molecule has 0 saturated heterocycles. The first-order chi connectivity index (χ1) is 13.7. The standard InChI is InChI=1S/C21H26N4O3S/c1-14(2)18-13-17(23-25(18)11-12-29(4,26)27)19-22-20(24-28-19)21(9-10-21)16-8-6-5-7-15(16)3/h5-8,13-14H,9-12H2,1-4H3.